The van der Waals surface area contributed by atoms with Gasteiger partial charge in [0.1, 0.15) is 0 Å². The molecule has 2 heteroatoms. The van der Waals surface area contributed by atoms with Crippen LogP contribution in [0.15, 0.2) is 206 Å². The predicted molar refractivity (Wildman–Crippen MR) is 235 cm³/mol. The third-order valence-corrected chi connectivity index (χ3v) is 10.2. The number of anilines is 6. The number of rotatable bonds is 11. The lowest BCUT2D eigenvalue weighted by atomic mass is 9.99. The highest BCUT2D eigenvalue weighted by molar-refractivity contribution is 5.82. The van der Waals surface area contributed by atoms with Crippen molar-refractivity contribution in [2.24, 2.45) is 0 Å². The Bertz CT molecular complexity index is 2490. The van der Waals surface area contributed by atoms with Crippen LogP contribution in [-0.4, -0.2) is 0 Å². The predicted octanol–water partition coefficient (Wildman–Crippen LogP) is 14.7. The zero-order valence-corrected chi connectivity index (χ0v) is 31.4. The standard InChI is InChI=1S/C53H44N2/c1-40-37-52(35-25-44(40)24-23-42-15-7-3-8-16-42)54(48-19-11-5-12-20-48)50-31-26-45(27-32-50)46-28-33-51(34-29-46)55(49-21-13-6-14-22-49)53-36-30-47(41(2)38-53)39-43-17-9-4-10-18-43/h3-38H,39H2,1-2H3. The van der Waals surface area contributed by atoms with E-state index in [0.717, 1.165) is 40.5 Å². The van der Waals surface area contributed by atoms with E-state index in [0.29, 0.717) is 0 Å². The molecule has 0 atom stereocenters. The second-order valence-electron chi connectivity index (χ2n) is 14.0. The Balaban J connectivity index is 1.06. The largest absolute Gasteiger partial charge is 0.310 e. The van der Waals surface area contributed by atoms with Gasteiger partial charge in [-0.1, -0.05) is 146 Å². The monoisotopic (exact) mass is 708 g/mol. The highest BCUT2D eigenvalue weighted by Crippen LogP contribution is 2.39. The number of nitrogens with zero attached hydrogens (tertiary/aromatic N) is 2. The molecule has 266 valence electrons. The van der Waals surface area contributed by atoms with Crippen LogP contribution in [0.5, 0.6) is 0 Å². The van der Waals surface area contributed by atoms with Crippen LogP contribution in [0, 0.1) is 13.8 Å². The minimum Gasteiger partial charge on any atom is -0.310 e. The summed E-state index contributed by atoms with van der Waals surface area (Å²) in [5.74, 6) is 0. The Labute approximate surface area is 325 Å². The van der Waals surface area contributed by atoms with Crippen LogP contribution in [0.1, 0.15) is 33.4 Å². The number of aryl methyl sites for hydroxylation is 2. The van der Waals surface area contributed by atoms with E-state index in [1.807, 2.05) is 6.07 Å². The van der Waals surface area contributed by atoms with Gasteiger partial charge in [-0.2, -0.15) is 0 Å². The molecule has 0 amide bonds. The summed E-state index contributed by atoms with van der Waals surface area (Å²) in [5.41, 5.74) is 16.7. The molecule has 8 rings (SSSR count). The van der Waals surface area contributed by atoms with Gasteiger partial charge in [-0.05, 0) is 138 Å². The van der Waals surface area contributed by atoms with E-state index in [9.17, 15) is 0 Å². The summed E-state index contributed by atoms with van der Waals surface area (Å²) in [6, 6.07) is 73.8. The smallest absolute Gasteiger partial charge is 0.0464 e. The van der Waals surface area contributed by atoms with Gasteiger partial charge in [0.2, 0.25) is 0 Å². The minimum absolute atomic E-state index is 0.924. The van der Waals surface area contributed by atoms with Crippen LogP contribution in [0.25, 0.3) is 23.3 Å². The third kappa shape index (κ3) is 8.20. The van der Waals surface area contributed by atoms with Crippen molar-refractivity contribution >= 4 is 46.3 Å². The molecule has 2 nitrogen and oxygen atoms in total. The van der Waals surface area contributed by atoms with Gasteiger partial charge in [-0.3, -0.25) is 0 Å². The summed E-state index contributed by atoms with van der Waals surface area (Å²) >= 11 is 0. The number of benzene rings is 8. The van der Waals surface area contributed by atoms with Crippen molar-refractivity contribution in [3.05, 3.63) is 240 Å². The molecule has 0 N–H and O–H groups in total. The SMILES string of the molecule is Cc1cc(N(c2ccccc2)c2ccc(-c3ccc(N(c4ccccc4)c4ccc(Cc5ccccc5)c(C)c4)cc3)cc2)ccc1C=Cc1ccccc1. The van der Waals surface area contributed by atoms with Crippen molar-refractivity contribution in [1.82, 2.24) is 0 Å². The average Bonchev–Trinajstić information content (AvgIpc) is 3.24. The van der Waals surface area contributed by atoms with E-state index >= 15 is 0 Å². The van der Waals surface area contributed by atoms with Gasteiger partial charge in [0.05, 0.1) is 0 Å². The van der Waals surface area contributed by atoms with Crippen molar-refractivity contribution in [1.29, 1.82) is 0 Å². The Morgan fingerprint density at radius 1 is 0.364 bits per heavy atom. The molecule has 0 fully saturated rings. The van der Waals surface area contributed by atoms with Gasteiger partial charge in [0, 0.05) is 34.1 Å². The molecule has 0 heterocycles. The van der Waals surface area contributed by atoms with Crippen molar-refractivity contribution in [2.45, 2.75) is 20.3 Å². The van der Waals surface area contributed by atoms with Crippen LogP contribution in [0.4, 0.5) is 34.1 Å². The molecule has 0 saturated carbocycles. The lowest BCUT2D eigenvalue weighted by Crippen LogP contribution is -2.10. The molecule has 8 aromatic rings. The second-order valence-corrected chi connectivity index (χ2v) is 14.0. The van der Waals surface area contributed by atoms with Crippen LogP contribution in [0.3, 0.4) is 0 Å². The van der Waals surface area contributed by atoms with Gasteiger partial charge >= 0.3 is 0 Å². The Hall–Kier alpha value is -6.90. The molecular weight excluding hydrogens is 665 g/mol. The van der Waals surface area contributed by atoms with Gasteiger partial charge in [0.15, 0.2) is 0 Å². The maximum absolute atomic E-state index is 2.34. The summed E-state index contributed by atoms with van der Waals surface area (Å²) in [6.45, 7) is 4.41. The summed E-state index contributed by atoms with van der Waals surface area (Å²) in [4.78, 5) is 4.67. The highest BCUT2D eigenvalue weighted by atomic mass is 15.1. The number of hydrogen-bond acceptors (Lipinski definition) is 2. The van der Waals surface area contributed by atoms with Gasteiger partial charge in [-0.25, -0.2) is 0 Å². The maximum Gasteiger partial charge on any atom is 0.0464 e. The second kappa shape index (κ2) is 16.4. The molecule has 0 spiro atoms. The van der Waals surface area contributed by atoms with Crippen molar-refractivity contribution < 1.29 is 0 Å². The van der Waals surface area contributed by atoms with Gasteiger partial charge in [0.25, 0.3) is 0 Å². The lowest BCUT2D eigenvalue weighted by molar-refractivity contribution is 1.15. The summed E-state index contributed by atoms with van der Waals surface area (Å²) < 4.78 is 0. The quantitative estimate of drug-likeness (QED) is 0.123. The molecule has 55 heavy (non-hydrogen) atoms. The van der Waals surface area contributed by atoms with Crippen LogP contribution < -0.4 is 9.80 Å². The first kappa shape index (κ1) is 35.1. The zero-order valence-electron chi connectivity index (χ0n) is 31.4. The first-order valence-corrected chi connectivity index (χ1v) is 19.0. The topological polar surface area (TPSA) is 6.48 Å². The van der Waals surface area contributed by atoms with Crippen LogP contribution >= 0.6 is 0 Å². The van der Waals surface area contributed by atoms with E-state index in [1.54, 1.807) is 0 Å². The normalized spacial score (nSPS) is 11.1. The van der Waals surface area contributed by atoms with Crippen molar-refractivity contribution in [3.8, 4) is 11.1 Å². The molecule has 0 aliphatic carbocycles. The van der Waals surface area contributed by atoms with E-state index in [2.05, 4.69) is 236 Å². The molecule has 0 aliphatic heterocycles. The minimum atomic E-state index is 0.924. The first-order valence-electron chi connectivity index (χ1n) is 19.0. The molecule has 0 saturated heterocycles. The van der Waals surface area contributed by atoms with E-state index in [1.165, 1.54) is 44.5 Å². The van der Waals surface area contributed by atoms with Gasteiger partial charge < -0.3 is 9.80 Å². The van der Waals surface area contributed by atoms with E-state index in [-0.39, 0.29) is 0 Å². The van der Waals surface area contributed by atoms with E-state index in [4.69, 9.17) is 0 Å². The van der Waals surface area contributed by atoms with Crippen molar-refractivity contribution in [2.75, 3.05) is 9.80 Å². The molecule has 0 aliphatic rings. The van der Waals surface area contributed by atoms with Crippen LogP contribution in [-0.2, 0) is 6.42 Å². The van der Waals surface area contributed by atoms with E-state index < -0.39 is 0 Å². The lowest BCUT2D eigenvalue weighted by Gasteiger charge is -2.27. The average molecular weight is 709 g/mol. The fraction of sp³-hybridized carbons (Fsp3) is 0.0566. The Morgan fingerprint density at radius 3 is 1.27 bits per heavy atom. The number of para-hydroxylation sites is 2. The summed E-state index contributed by atoms with van der Waals surface area (Å²) in [7, 11) is 0. The molecule has 0 unspecified atom stereocenters. The molecule has 8 aromatic carbocycles. The zero-order chi connectivity index (χ0) is 37.4. The Kier molecular flexibility index (Phi) is 10.5. The summed E-state index contributed by atoms with van der Waals surface area (Å²) in [6.07, 6.45) is 5.30. The highest BCUT2D eigenvalue weighted by Gasteiger charge is 2.16. The fourth-order valence-electron chi connectivity index (χ4n) is 7.22. The maximum atomic E-state index is 2.34. The fourth-order valence-corrected chi connectivity index (χ4v) is 7.22. The third-order valence-electron chi connectivity index (χ3n) is 10.2. The first-order chi connectivity index (χ1) is 27.1. The molecule has 0 bridgehead atoms. The summed E-state index contributed by atoms with van der Waals surface area (Å²) in [5, 5.41) is 0. The Morgan fingerprint density at radius 2 is 0.782 bits per heavy atom. The van der Waals surface area contributed by atoms with Gasteiger partial charge in [-0.15, -0.1) is 0 Å². The van der Waals surface area contributed by atoms with Crippen LogP contribution in [0.2, 0.25) is 0 Å². The molecule has 0 radical (unpaired) electrons. The number of hydrogen-bond donors (Lipinski definition) is 0. The molecular formula is C53H44N2. The van der Waals surface area contributed by atoms with Crippen molar-refractivity contribution in [3.63, 3.8) is 0 Å². The molecule has 0 aromatic heterocycles.